The van der Waals surface area contributed by atoms with Crippen LogP contribution >= 0.6 is 0 Å². The van der Waals surface area contributed by atoms with Crippen molar-refractivity contribution < 1.29 is 9.59 Å². The van der Waals surface area contributed by atoms with E-state index in [1.165, 1.54) is 0 Å². The van der Waals surface area contributed by atoms with Gasteiger partial charge in [-0.1, -0.05) is 13.8 Å². The molecule has 0 saturated heterocycles. The van der Waals surface area contributed by atoms with Crippen LogP contribution in [0.5, 0.6) is 0 Å². The van der Waals surface area contributed by atoms with E-state index in [1.54, 1.807) is 29.4 Å². The molecule has 5 nitrogen and oxygen atoms in total. The third-order valence-electron chi connectivity index (χ3n) is 4.01. The average Bonchev–Trinajstić information content (AvgIpc) is 2.97. The minimum Gasteiger partial charge on any atom is -0.326 e. The number of aromatic nitrogens is 1. The first-order chi connectivity index (χ1) is 11.5. The van der Waals surface area contributed by atoms with Gasteiger partial charge in [0.05, 0.1) is 5.56 Å². The molecule has 1 N–H and O–H groups in total. The predicted molar refractivity (Wildman–Crippen MR) is 94.1 cm³/mol. The van der Waals surface area contributed by atoms with Gasteiger partial charge >= 0.3 is 0 Å². The molecule has 1 aliphatic heterocycles. The molecule has 2 amide bonds. The van der Waals surface area contributed by atoms with Crippen LogP contribution in [0, 0.1) is 5.92 Å². The van der Waals surface area contributed by atoms with Crippen LogP contribution in [0.1, 0.15) is 36.2 Å². The van der Waals surface area contributed by atoms with Gasteiger partial charge in [-0.2, -0.15) is 0 Å². The number of pyridine rings is 1. The van der Waals surface area contributed by atoms with Gasteiger partial charge in [-0.3, -0.25) is 14.6 Å². The third-order valence-corrected chi connectivity index (χ3v) is 4.01. The number of rotatable bonds is 4. The number of hydrogen-bond donors (Lipinski definition) is 1. The number of nitrogens with one attached hydrogen (secondary N) is 1. The molecule has 0 atom stereocenters. The Labute approximate surface area is 141 Å². The summed E-state index contributed by atoms with van der Waals surface area (Å²) < 4.78 is 0. The Bertz CT molecular complexity index is 756. The Morgan fingerprint density at radius 3 is 2.83 bits per heavy atom. The lowest BCUT2D eigenvalue weighted by Gasteiger charge is -2.17. The molecular formula is C19H21N3O2. The largest absolute Gasteiger partial charge is 0.326 e. The van der Waals surface area contributed by atoms with E-state index in [-0.39, 0.29) is 11.8 Å². The average molecular weight is 323 g/mol. The highest BCUT2D eigenvalue weighted by Gasteiger charge is 2.26. The normalized spacial score (nSPS) is 13.0. The second-order valence-corrected chi connectivity index (χ2v) is 6.44. The summed E-state index contributed by atoms with van der Waals surface area (Å²) >= 11 is 0. The number of fused-ring (bicyclic) bond motifs is 1. The van der Waals surface area contributed by atoms with Gasteiger partial charge in [-0.15, -0.1) is 0 Å². The molecule has 0 unspecified atom stereocenters. The van der Waals surface area contributed by atoms with Crippen LogP contribution in [0.25, 0.3) is 0 Å². The van der Waals surface area contributed by atoms with Crippen LogP contribution in [0.15, 0.2) is 42.7 Å². The van der Waals surface area contributed by atoms with Crippen molar-refractivity contribution in [3.05, 3.63) is 53.9 Å². The fourth-order valence-electron chi connectivity index (χ4n) is 2.92. The summed E-state index contributed by atoms with van der Waals surface area (Å²) in [7, 11) is 0. The van der Waals surface area contributed by atoms with E-state index in [1.807, 2.05) is 32.0 Å². The van der Waals surface area contributed by atoms with E-state index in [2.05, 4.69) is 10.3 Å². The summed E-state index contributed by atoms with van der Waals surface area (Å²) in [5.41, 5.74) is 3.36. The molecule has 1 aromatic carbocycles. The van der Waals surface area contributed by atoms with E-state index in [0.717, 1.165) is 23.4 Å². The fraction of sp³-hybridized carbons (Fsp3) is 0.316. The van der Waals surface area contributed by atoms with Crippen molar-refractivity contribution in [3.8, 4) is 0 Å². The molecule has 0 spiro atoms. The highest BCUT2D eigenvalue weighted by atomic mass is 16.2. The Kier molecular flexibility index (Phi) is 4.60. The topological polar surface area (TPSA) is 62.3 Å². The number of amides is 2. The molecule has 0 fully saturated rings. The van der Waals surface area contributed by atoms with Gasteiger partial charge in [-0.25, -0.2) is 0 Å². The van der Waals surface area contributed by atoms with Crippen LogP contribution in [-0.2, 0) is 11.2 Å². The summed E-state index contributed by atoms with van der Waals surface area (Å²) in [4.78, 5) is 30.3. The van der Waals surface area contributed by atoms with Crippen molar-refractivity contribution in [2.24, 2.45) is 5.92 Å². The monoisotopic (exact) mass is 323 g/mol. The predicted octanol–water partition coefficient (Wildman–Crippen LogP) is 3.27. The summed E-state index contributed by atoms with van der Waals surface area (Å²) in [6, 6.07) is 9.25. The highest BCUT2D eigenvalue weighted by molar-refractivity contribution is 6.07. The van der Waals surface area contributed by atoms with Gasteiger partial charge < -0.3 is 10.2 Å². The van der Waals surface area contributed by atoms with E-state index in [0.29, 0.717) is 24.4 Å². The van der Waals surface area contributed by atoms with Crippen LogP contribution < -0.4 is 10.2 Å². The maximum Gasteiger partial charge on any atom is 0.259 e. The molecule has 1 aliphatic rings. The molecule has 2 heterocycles. The Balaban J connectivity index is 1.76. The van der Waals surface area contributed by atoms with E-state index < -0.39 is 0 Å². The first kappa shape index (κ1) is 16.2. The number of nitrogens with zero attached hydrogens (tertiary/aromatic N) is 2. The molecule has 2 aromatic rings. The number of benzene rings is 1. The maximum absolute atomic E-state index is 12.6. The number of anilines is 2. The van der Waals surface area contributed by atoms with Gasteiger partial charge in [0.2, 0.25) is 5.91 Å². The van der Waals surface area contributed by atoms with Crippen LogP contribution in [0.4, 0.5) is 11.4 Å². The Hall–Kier alpha value is -2.69. The van der Waals surface area contributed by atoms with Crippen molar-refractivity contribution in [1.82, 2.24) is 4.98 Å². The zero-order valence-corrected chi connectivity index (χ0v) is 14.0. The van der Waals surface area contributed by atoms with Gasteiger partial charge in [0.25, 0.3) is 5.91 Å². The lowest BCUT2D eigenvalue weighted by molar-refractivity contribution is -0.116. The lowest BCUT2D eigenvalue weighted by Crippen LogP contribution is -2.28. The molecule has 3 rings (SSSR count). The summed E-state index contributed by atoms with van der Waals surface area (Å²) in [5.74, 6) is 0.303. The maximum atomic E-state index is 12.6. The quantitative estimate of drug-likeness (QED) is 0.939. The molecule has 0 bridgehead atoms. The van der Waals surface area contributed by atoms with Crippen molar-refractivity contribution in [1.29, 1.82) is 0 Å². The van der Waals surface area contributed by atoms with Gasteiger partial charge in [0, 0.05) is 36.7 Å². The van der Waals surface area contributed by atoms with Gasteiger partial charge in [-0.05, 0) is 48.2 Å². The Morgan fingerprint density at radius 2 is 2.12 bits per heavy atom. The molecule has 0 radical (unpaired) electrons. The fourth-order valence-corrected chi connectivity index (χ4v) is 2.92. The van der Waals surface area contributed by atoms with Crippen LogP contribution in [-0.4, -0.2) is 23.3 Å². The summed E-state index contributed by atoms with van der Waals surface area (Å²) in [6.07, 6.45) is 4.53. The molecular weight excluding hydrogens is 302 g/mol. The minimum atomic E-state index is -0.0431. The van der Waals surface area contributed by atoms with Gasteiger partial charge in [0.1, 0.15) is 0 Å². The SMILES string of the molecule is CC(C)CC(=O)Nc1ccc2c(c1)CCN2C(=O)c1cccnc1. The Morgan fingerprint density at radius 1 is 1.29 bits per heavy atom. The zero-order chi connectivity index (χ0) is 17.1. The second kappa shape index (κ2) is 6.83. The number of carbonyl (C=O) groups is 2. The van der Waals surface area contributed by atoms with Crippen molar-refractivity contribution in [2.45, 2.75) is 26.7 Å². The molecule has 0 aliphatic carbocycles. The zero-order valence-electron chi connectivity index (χ0n) is 14.0. The minimum absolute atomic E-state index is 0.0197. The molecule has 5 heteroatoms. The smallest absolute Gasteiger partial charge is 0.259 e. The highest BCUT2D eigenvalue weighted by Crippen LogP contribution is 2.31. The van der Waals surface area contributed by atoms with Crippen molar-refractivity contribution in [2.75, 3.05) is 16.8 Å². The standard InChI is InChI=1S/C19H21N3O2/c1-13(2)10-18(23)21-16-5-6-17-14(11-16)7-9-22(17)19(24)15-4-3-8-20-12-15/h3-6,8,11-13H,7,9-10H2,1-2H3,(H,21,23). The first-order valence-corrected chi connectivity index (χ1v) is 8.19. The lowest BCUT2D eigenvalue weighted by atomic mass is 10.1. The molecule has 24 heavy (non-hydrogen) atoms. The summed E-state index contributed by atoms with van der Waals surface area (Å²) in [6.45, 7) is 4.68. The van der Waals surface area contributed by atoms with Crippen LogP contribution in [0.3, 0.4) is 0 Å². The van der Waals surface area contributed by atoms with E-state index >= 15 is 0 Å². The first-order valence-electron chi connectivity index (χ1n) is 8.19. The van der Waals surface area contributed by atoms with Gasteiger partial charge in [0.15, 0.2) is 0 Å². The third kappa shape index (κ3) is 3.45. The van der Waals surface area contributed by atoms with Crippen molar-refractivity contribution >= 4 is 23.2 Å². The number of carbonyl (C=O) groups excluding carboxylic acids is 2. The summed E-state index contributed by atoms with van der Waals surface area (Å²) in [5, 5.41) is 2.93. The molecule has 1 aromatic heterocycles. The van der Waals surface area contributed by atoms with E-state index in [9.17, 15) is 9.59 Å². The van der Waals surface area contributed by atoms with Crippen molar-refractivity contribution in [3.63, 3.8) is 0 Å². The van der Waals surface area contributed by atoms with Crippen LogP contribution in [0.2, 0.25) is 0 Å². The number of hydrogen-bond acceptors (Lipinski definition) is 3. The second-order valence-electron chi connectivity index (χ2n) is 6.44. The molecule has 0 saturated carbocycles. The van der Waals surface area contributed by atoms with E-state index in [4.69, 9.17) is 0 Å². The molecule has 124 valence electrons.